The minimum Gasteiger partial charge on any atom is -0.321 e. The SMILES string of the molecule is CCC(C)C1CN(c2cccc(C(C)(C)C)c2)C(C2=NC(C(C)CC)CN2c2cccc(C(C)(C)C)c2)=N1. The molecule has 4 rings (SSSR count). The van der Waals surface area contributed by atoms with Crippen molar-refractivity contribution in [1.29, 1.82) is 0 Å². The first-order chi connectivity index (χ1) is 17.8. The van der Waals surface area contributed by atoms with E-state index in [0.717, 1.165) is 37.6 Å². The number of hydrogen-bond donors (Lipinski definition) is 0. The normalized spacial score (nSPS) is 21.9. The molecule has 0 fully saturated rings. The van der Waals surface area contributed by atoms with Crippen molar-refractivity contribution in [3.05, 3.63) is 59.7 Å². The van der Waals surface area contributed by atoms with E-state index in [-0.39, 0.29) is 22.9 Å². The van der Waals surface area contributed by atoms with Gasteiger partial charge in [-0.1, -0.05) is 106 Å². The quantitative estimate of drug-likeness (QED) is 0.372. The van der Waals surface area contributed by atoms with E-state index < -0.39 is 0 Å². The Balaban J connectivity index is 1.82. The molecule has 2 aromatic rings. The summed E-state index contributed by atoms with van der Waals surface area (Å²) in [7, 11) is 0. The molecule has 4 heteroatoms. The van der Waals surface area contributed by atoms with Gasteiger partial charge < -0.3 is 9.80 Å². The molecule has 0 N–H and O–H groups in total. The molecule has 0 aromatic heterocycles. The van der Waals surface area contributed by atoms with Crippen LogP contribution < -0.4 is 9.80 Å². The van der Waals surface area contributed by atoms with E-state index in [1.54, 1.807) is 0 Å². The topological polar surface area (TPSA) is 31.2 Å². The largest absolute Gasteiger partial charge is 0.321 e. The summed E-state index contributed by atoms with van der Waals surface area (Å²) in [5.41, 5.74) is 5.33. The van der Waals surface area contributed by atoms with E-state index in [0.29, 0.717) is 11.8 Å². The van der Waals surface area contributed by atoms with Gasteiger partial charge in [0.25, 0.3) is 0 Å². The Hall–Kier alpha value is -2.62. The Bertz CT molecular complexity index is 1090. The molecule has 2 heterocycles. The second-order valence-corrected chi connectivity index (χ2v) is 13.6. The molecule has 206 valence electrons. The third-order valence-corrected chi connectivity index (χ3v) is 8.68. The predicted molar refractivity (Wildman–Crippen MR) is 166 cm³/mol. The lowest BCUT2D eigenvalue weighted by atomic mass is 9.86. The summed E-state index contributed by atoms with van der Waals surface area (Å²) in [6.45, 7) is 24.8. The van der Waals surface area contributed by atoms with E-state index in [4.69, 9.17) is 9.98 Å². The molecule has 0 amide bonds. The van der Waals surface area contributed by atoms with Gasteiger partial charge >= 0.3 is 0 Å². The Morgan fingerprint density at radius 2 is 1.05 bits per heavy atom. The van der Waals surface area contributed by atoms with Crippen molar-refractivity contribution in [1.82, 2.24) is 0 Å². The fraction of sp³-hybridized carbons (Fsp3) is 0.588. The maximum Gasteiger partial charge on any atom is 0.172 e. The van der Waals surface area contributed by atoms with E-state index in [2.05, 4.69) is 128 Å². The summed E-state index contributed by atoms with van der Waals surface area (Å²) in [4.78, 5) is 15.8. The lowest BCUT2D eigenvalue weighted by Gasteiger charge is -2.29. The molecule has 0 aliphatic carbocycles. The molecule has 0 radical (unpaired) electrons. The highest BCUT2D eigenvalue weighted by Gasteiger charge is 2.39. The molecule has 38 heavy (non-hydrogen) atoms. The van der Waals surface area contributed by atoms with Crippen molar-refractivity contribution in [3.8, 4) is 0 Å². The van der Waals surface area contributed by atoms with Crippen LogP contribution in [0.15, 0.2) is 58.5 Å². The summed E-state index contributed by atoms with van der Waals surface area (Å²) in [6, 6.07) is 18.6. The second-order valence-electron chi connectivity index (χ2n) is 13.6. The lowest BCUT2D eigenvalue weighted by Crippen LogP contribution is -2.42. The lowest BCUT2D eigenvalue weighted by molar-refractivity contribution is 0.464. The Morgan fingerprint density at radius 3 is 1.37 bits per heavy atom. The highest BCUT2D eigenvalue weighted by Crippen LogP contribution is 2.34. The summed E-state index contributed by atoms with van der Waals surface area (Å²) >= 11 is 0. The molecule has 0 saturated carbocycles. The van der Waals surface area contributed by atoms with Crippen LogP contribution in [-0.2, 0) is 10.8 Å². The number of hydrogen-bond acceptors (Lipinski definition) is 4. The number of aliphatic imine (C=N–C) groups is 2. The molecule has 4 nitrogen and oxygen atoms in total. The molecule has 0 bridgehead atoms. The van der Waals surface area contributed by atoms with Crippen molar-refractivity contribution in [2.45, 2.75) is 105 Å². The van der Waals surface area contributed by atoms with Crippen LogP contribution in [0.25, 0.3) is 0 Å². The minimum absolute atomic E-state index is 0.0924. The third kappa shape index (κ3) is 5.84. The van der Waals surface area contributed by atoms with Crippen molar-refractivity contribution in [2.75, 3.05) is 22.9 Å². The molecule has 2 aromatic carbocycles. The zero-order valence-electron chi connectivity index (χ0n) is 25.5. The van der Waals surface area contributed by atoms with E-state index >= 15 is 0 Å². The minimum atomic E-state index is 0.0924. The molecular weight excluding hydrogens is 464 g/mol. The van der Waals surface area contributed by atoms with Crippen molar-refractivity contribution in [3.63, 3.8) is 0 Å². The number of anilines is 2. The van der Waals surface area contributed by atoms with Gasteiger partial charge in [0.15, 0.2) is 11.7 Å². The van der Waals surface area contributed by atoms with Crippen LogP contribution in [0.4, 0.5) is 11.4 Å². The van der Waals surface area contributed by atoms with Gasteiger partial charge in [-0.05, 0) is 58.1 Å². The van der Waals surface area contributed by atoms with E-state index in [1.165, 1.54) is 22.5 Å². The Kier molecular flexibility index (Phi) is 8.12. The van der Waals surface area contributed by atoms with E-state index in [1.807, 2.05) is 0 Å². The highest BCUT2D eigenvalue weighted by molar-refractivity contribution is 6.50. The first-order valence-electron chi connectivity index (χ1n) is 14.8. The van der Waals surface area contributed by atoms with Crippen LogP contribution in [0.3, 0.4) is 0 Å². The summed E-state index contributed by atoms with van der Waals surface area (Å²) < 4.78 is 0. The van der Waals surface area contributed by atoms with Gasteiger partial charge in [-0.25, -0.2) is 0 Å². The average molecular weight is 515 g/mol. The van der Waals surface area contributed by atoms with Gasteiger partial charge in [-0.2, -0.15) is 0 Å². The smallest absolute Gasteiger partial charge is 0.172 e. The monoisotopic (exact) mass is 514 g/mol. The van der Waals surface area contributed by atoms with Gasteiger partial charge in [0, 0.05) is 24.5 Å². The van der Waals surface area contributed by atoms with Crippen LogP contribution in [0, 0.1) is 11.8 Å². The molecule has 2 aliphatic rings. The van der Waals surface area contributed by atoms with Gasteiger partial charge in [0.2, 0.25) is 0 Å². The number of rotatable bonds is 7. The first kappa shape index (κ1) is 28.4. The highest BCUT2D eigenvalue weighted by atomic mass is 15.4. The molecular formula is C34H50N4. The number of nitrogens with zero attached hydrogens (tertiary/aromatic N) is 4. The zero-order chi connectivity index (χ0) is 27.8. The fourth-order valence-corrected chi connectivity index (χ4v) is 5.33. The van der Waals surface area contributed by atoms with Crippen molar-refractivity contribution in [2.24, 2.45) is 21.8 Å². The van der Waals surface area contributed by atoms with Gasteiger partial charge in [0.1, 0.15) is 0 Å². The summed E-state index contributed by atoms with van der Waals surface area (Å²) in [6.07, 6.45) is 2.24. The molecule has 0 spiro atoms. The fourth-order valence-electron chi connectivity index (χ4n) is 5.33. The Morgan fingerprint density at radius 1 is 0.684 bits per heavy atom. The molecule has 4 unspecified atom stereocenters. The van der Waals surface area contributed by atoms with Crippen LogP contribution >= 0.6 is 0 Å². The maximum absolute atomic E-state index is 5.43. The summed E-state index contributed by atoms with van der Waals surface area (Å²) in [5, 5.41) is 0. The Labute approximate surface area is 232 Å². The number of benzene rings is 2. The average Bonchev–Trinajstić information content (AvgIpc) is 3.52. The summed E-state index contributed by atoms with van der Waals surface area (Å²) in [5.74, 6) is 3.11. The van der Waals surface area contributed by atoms with Crippen LogP contribution in [0.1, 0.15) is 93.2 Å². The molecule has 4 atom stereocenters. The van der Waals surface area contributed by atoms with Crippen molar-refractivity contribution < 1.29 is 0 Å². The van der Waals surface area contributed by atoms with Crippen LogP contribution in [0.2, 0.25) is 0 Å². The third-order valence-electron chi connectivity index (χ3n) is 8.68. The van der Waals surface area contributed by atoms with Crippen LogP contribution in [0.5, 0.6) is 0 Å². The van der Waals surface area contributed by atoms with Crippen molar-refractivity contribution >= 4 is 23.0 Å². The molecule has 0 saturated heterocycles. The predicted octanol–water partition coefficient (Wildman–Crippen LogP) is 8.25. The van der Waals surface area contributed by atoms with Gasteiger partial charge in [0.05, 0.1) is 12.1 Å². The second kappa shape index (κ2) is 10.9. The molecule has 2 aliphatic heterocycles. The first-order valence-corrected chi connectivity index (χ1v) is 14.8. The maximum atomic E-state index is 5.43. The van der Waals surface area contributed by atoms with Gasteiger partial charge in [-0.3, -0.25) is 9.98 Å². The zero-order valence-corrected chi connectivity index (χ0v) is 25.5. The number of amidine groups is 2. The van der Waals surface area contributed by atoms with Crippen LogP contribution in [-0.4, -0.2) is 36.8 Å². The standard InChI is InChI=1S/C34H50N4/c1-11-23(3)29-21-37(27-17-13-15-25(19-27)33(5,6)7)31(35-29)32-36-30(24(4)12-2)22-38(32)28-18-14-16-26(20-28)34(8,9)10/h13-20,23-24,29-30H,11-12,21-22H2,1-10H3. The van der Waals surface area contributed by atoms with Gasteiger partial charge in [-0.15, -0.1) is 0 Å². The van der Waals surface area contributed by atoms with E-state index in [9.17, 15) is 0 Å².